The smallest absolute Gasteiger partial charge is 0.0800 e. The fourth-order valence-electron chi connectivity index (χ4n) is 3.57. The van der Waals surface area contributed by atoms with Gasteiger partial charge < -0.3 is 9.30 Å². The topological polar surface area (TPSA) is 14.2 Å². The van der Waals surface area contributed by atoms with Crippen molar-refractivity contribution < 1.29 is 4.74 Å². The van der Waals surface area contributed by atoms with E-state index in [-0.39, 0.29) is 5.60 Å². The third kappa shape index (κ3) is 2.07. The van der Waals surface area contributed by atoms with Crippen molar-refractivity contribution in [2.45, 2.75) is 30.9 Å². The largest absolute Gasteiger partial charge is 0.374 e. The Hall–Kier alpha value is -0.640. The molecule has 2 aliphatic heterocycles. The number of rotatable bonds is 1. The summed E-state index contributed by atoms with van der Waals surface area (Å²) in [6, 6.07) is 8.86. The number of ether oxygens (including phenoxy) is 1. The minimum absolute atomic E-state index is 0.128. The van der Waals surface area contributed by atoms with Crippen molar-refractivity contribution in [1.29, 1.82) is 0 Å². The number of hydrogen-bond acceptors (Lipinski definition) is 2. The van der Waals surface area contributed by atoms with Crippen molar-refractivity contribution in [2.24, 2.45) is 0 Å². The zero-order valence-corrected chi connectivity index (χ0v) is 12.9. The molecule has 1 aromatic carbocycles. The molecule has 4 heteroatoms. The van der Waals surface area contributed by atoms with Gasteiger partial charge in [0.15, 0.2) is 0 Å². The maximum absolute atomic E-state index is 6.29. The molecule has 2 aliphatic rings. The molecule has 0 aliphatic carbocycles. The second-order valence-corrected chi connectivity index (χ2v) is 7.39. The van der Waals surface area contributed by atoms with E-state index in [1.54, 1.807) is 0 Å². The highest BCUT2D eigenvalue weighted by Crippen LogP contribution is 2.43. The molecule has 4 rings (SSSR count). The van der Waals surface area contributed by atoms with E-state index >= 15 is 0 Å². The van der Waals surface area contributed by atoms with Crippen molar-refractivity contribution in [2.75, 3.05) is 18.1 Å². The van der Waals surface area contributed by atoms with Crippen LogP contribution < -0.4 is 0 Å². The zero-order valence-electron chi connectivity index (χ0n) is 11.3. The Bertz CT molecular complexity index is 632. The molecule has 1 spiro atoms. The van der Waals surface area contributed by atoms with Crippen LogP contribution in [-0.2, 0) is 4.74 Å². The lowest BCUT2D eigenvalue weighted by Crippen LogP contribution is -2.40. The molecule has 0 saturated carbocycles. The van der Waals surface area contributed by atoms with Crippen LogP contribution in [0.5, 0.6) is 0 Å². The Morgan fingerprint density at radius 3 is 3.15 bits per heavy atom. The van der Waals surface area contributed by atoms with Crippen molar-refractivity contribution in [3.63, 3.8) is 0 Å². The first kappa shape index (κ1) is 13.1. The number of halogens is 1. The predicted molar refractivity (Wildman–Crippen MR) is 85.8 cm³/mol. The minimum atomic E-state index is 0.128. The van der Waals surface area contributed by atoms with E-state index in [1.165, 1.54) is 17.7 Å². The summed E-state index contributed by atoms with van der Waals surface area (Å²) in [6.45, 7) is 0.880. The zero-order chi connectivity index (χ0) is 13.6. The molecule has 0 amide bonds. The van der Waals surface area contributed by atoms with Crippen LogP contribution in [0.25, 0.3) is 10.9 Å². The van der Waals surface area contributed by atoms with Crippen LogP contribution in [0.1, 0.15) is 25.3 Å². The molecular formula is C16H18ClNOS. The van der Waals surface area contributed by atoms with Crippen LogP contribution in [0.2, 0.25) is 5.02 Å². The molecule has 1 aromatic heterocycles. The van der Waals surface area contributed by atoms with E-state index in [4.69, 9.17) is 16.3 Å². The van der Waals surface area contributed by atoms with E-state index in [9.17, 15) is 0 Å². The molecule has 3 heterocycles. The summed E-state index contributed by atoms with van der Waals surface area (Å²) in [5.74, 6) is 2.40. The van der Waals surface area contributed by atoms with Gasteiger partial charge in [-0.25, -0.2) is 0 Å². The van der Waals surface area contributed by atoms with Crippen molar-refractivity contribution >= 4 is 34.3 Å². The monoisotopic (exact) mass is 307 g/mol. The summed E-state index contributed by atoms with van der Waals surface area (Å²) in [6.07, 6.45) is 5.63. The standard InChI is InChI=1S/C16H18ClNOS/c17-14-2-1-3-15-13(14)4-7-18(15)12-5-8-19-16(10-12)6-9-20-11-16/h1-4,7,12H,5-6,8-11H2. The Kier molecular flexibility index (Phi) is 3.24. The normalized spacial score (nSPS) is 30.4. The summed E-state index contributed by atoms with van der Waals surface area (Å²) in [5.41, 5.74) is 1.38. The first-order valence-corrected chi connectivity index (χ1v) is 8.77. The van der Waals surface area contributed by atoms with E-state index in [2.05, 4.69) is 22.9 Å². The number of nitrogens with zero attached hydrogens (tertiary/aromatic N) is 1. The van der Waals surface area contributed by atoms with Gasteiger partial charge in [-0.15, -0.1) is 0 Å². The van der Waals surface area contributed by atoms with Gasteiger partial charge in [-0.05, 0) is 43.2 Å². The maximum atomic E-state index is 6.29. The summed E-state index contributed by atoms with van der Waals surface area (Å²) in [4.78, 5) is 0. The first-order valence-electron chi connectivity index (χ1n) is 7.24. The van der Waals surface area contributed by atoms with E-state index in [0.717, 1.165) is 35.6 Å². The number of fused-ring (bicyclic) bond motifs is 1. The Balaban J connectivity index is 1.70. The fraction of sp³-hybridized carbons (Fsp3) is 0.500. The van der Waals surface area contributed by atoms with Crippen molar-refractivity contribution in [1.82, 2.24) is 4.57 Å². The Morgan fingerprint density at radius 1 is 1.35 bits per heavy atom. The SMILES string of the molecule is Clc1cccc2c1ccn2C1CCOC2(CCSC2)C1. The highest BCUT2D eigenvalue weighted by atomic mass is 35.5. The average molecular weight is 308 g/mol. The van der Waals surface area contributed by atoms with E-state index in [0.29, 0.717) is 6.04 Å². The van der Waals surface area contributed by atoms with Crippen molar-refractivity contribution in [3.05, 3.63) is 35.5 Å². The molecule has 2 nitrogen and oxygen atoms in total. The molecule has 20 heavy (non-hydrogen) atoms. The summed E-state index contributed by atoms with van der Waals surface area (Å²) >= 11 is 8.32. The van der Waals surface area contributed by atoms with Crippen LogP contribution in [0.4, 0.5) is 0 Å². The third-order valence-corrected chi connectivity index (χ3v) is 6.19. The number of benzene rings is 1. The Labute approximate surface area is 128 Å². The molecule has 2 aromatic rings. The van der Waals surface area contributed by atoms with Crippen LogP contribution >= 0.6 is 23.4 Å². The van der Waals surface area contributed by atoms with Gasteiger partial charge in [0.2, 0.25) is 0 Å². The quantitative estimate of drug-likeness (QED) is 0.769. The number of thioether (sulfide) groups is 1. The molecule has 106 valence electrons. The molecule has 0 N–H and O–H groups in total. The predicted octanol–water partition coefficient (Wildman–Crippen LogP) is 4.52. The minimum Gasteiger partial charge on any atom is -0.374 e. The van der Waals surface area contributed by atoms with Gasteiger partial charge in [-0.1, -0.05) is 17.7 Å². The lowest BCUT2D eigenvalue weighted by atomic mass is 9.89. The third-order valence-electron chi connectivity index (χ3n) is 4.64. The second-order valence-electron chi connectivity index (χ2n) is 5.88. The molecule has 0 bridgehead atoms. The molecule has 2 fully saturated rings. The lowest BCUT2D eigenvalue weighted by Gasteiger charge is -2.38. The average Bonchev–Trinajstić information content (AvgIpc) is 3.07. The molecular weight excluding hydrogens is 290 g/mol. The highest BCUT2D eigenvalue weighted by Gasteiger charge is 2.41. The van der Waals surface area contributed by atoms with Gasteiger partial charge in [-0.2, -0.15) is 11.8 Å². The van der Waals surface area contributed by atoms with Gasteiger partial charge in [0.1, 0.15) is 0 Å². The van der Waals surface area contributed by atoms with Gasteiger partial charge in [0.25, 0.3) is 0 Å². The number of hydrogen-bond donors (Lipinski definition) is 0. The maximum Gasteiger partial charge on any atom is 0.0800 e. The fourth-order valence-corrected chi connectivity index (χ4v) is 5.18. The lowest BCUT2D eigenvalue weighted by molar-refractivity contribution is -0.0755. The number of aromatic nitrogens is 1. The summed E-state index contributed by atoms with van der Waals surface area (Å²) in [5, 5.41) is 2.01. The van der Waals surface area contributed by atoms with Crippen LogP contribution in [0.15, 0.2) is 30.5 Å². The van der Waals surface area contributed by atoms with Gasteiger partial charge in [-0.3, -0.25) is 0 Å². The highest BCUT2D eigenvalue weighted by molar-refractivity contribution is 7.99. The first-order chi connectivity index (χ1) is 9.77. The Morgan fingerprint density at radius 2 is 2.30 bits per heavy atom. The molecule has 2 atom stereocenters. The second kappa shape index (κ2) is 4.97. The van der Waals surface area contributed by atoms with Gasteiger partial charge >= 0.3 is 0 Å². The van der Waals surface area contributed by atoms with Gasteiger partial charge in [0, 0.05) is 40.5 Å². The van der Waals surface area contributed by atoms with E-state index in [1.807, 2.05) is 23.9 Å². The van der Waals surface area contributed by atoms with Crippen LogP contribution in [0.3, 0.4) is 0 Å². The molecule has 2 unspecified atom stereocenters. The summed E-state index contributed by atoms with van der Waals surface area (Å²) < 4.78 is 8.54. The van der Waals surface area contributed by atoms with Crippen LogP contribution in [-0.4, -0.2) is 28.3 Å². The molecule has 0 radical (unpaired) electrons. The van der Waals surface area contributed by atoms with E-state index < -0.39 is 0 Å². The summed E-state index contributed by atoms with van der Waals surface area (Å²) in [7, 11) is 0. The molecule has 2 saturated heterocycles. The van der Waals surface area contributed by atoms with Crippen molar-refractivity contribution in [3.8, 4) is 0 Å². The van der Waals surface area contributed by atoms with Crippen LogP contribution in [0, 0.1) is 0 Å². The van der Waals surface area contributed by atoms with Gasteiger partial charge in [0.05, 0.1) is 5.60 Å².